The van der Waals surface area contributed by atoms with Crippen molar-refractivity contribution in [1.29, 1.82) is 0 Å². The molecule has 0 aromatic carbocycles. The lowest BCUT2D eigenvalue weighted by Gasteiger charge is -2.06. The summed E-state index contributed by atoms with van der Waals surface area (Å²) in [4.78, 5) is 0.974. The topological polar surface area (TPSA) is 21.3 Å². The lowest BCUT2D eigenvalue weighted by atomic mass is 10.2. The van der Waals surface area contributed by atoms with Crippen LogP contribution in [-0.2, 0) is 4.52 Å². The highest BCUT2D eigenvalue weighted by Gasteiger charge is 2.16. The second-order valence-corrected chi connectivity index (χ2v) is 2.96. The Balaban J connectivity index is 2.22. The van der Waals surface area contributed by atoms with Crippen LogP contribution in [0.4, 0.5) is 0 Å². The van der Waals surface area contributed by atoms with E-state index in [0.717, 1.165) is 24.4 Å². The summed E-state index contributed by atoms with van der Waals surface area (Å²) in [5.41, 5.74) is 0. The van der Waals surface area contributed by atoms with E-state index in [4.69, 9.17) is 16.7 Å². The summed E-state index contributed by atoms with van der Waals surface area (Å²) in [6, 6.07) is 0.454. The minimum Gasteiger partial charge on any atom is -0.375 e. The monoisotopic (exact) mass is 163 g/mol. The number of hydrogen-bond acceptors (Lipinski definition) is 2. The lowest BCUT2D eigenvalue weighted by molar-refractivity contribution is 0.324. The van der Waals surface area contributed by atoms with Gasteiger partial charge >= 0.3 is 0 Å². The van der Waals surface area contributed by atoms with Crippen LogP contribution in [0, 0.1) is 0 Å². The molecule has 0 radical (unpaired) electrons. The highest BCUT2D eigenvalue weighted by molar-refractivity contribution is 7.80. The van der Waals surface area contributed by atoms with Gasteiger partial charge in [0, 0.05) is 9.47 Å². The van der Waals surface area contributed by atoms with Crippen LogP contribution in [0.15, 0.2) is 0 Å². The number of hydrogen-bond donors (Lipinski definition) is 1. The quantitative estimate of drug-likeness (QED) is 0.482. The van der Waals surface area contributed by atoms with E-state index in [0.29, 0.717) is 6.04 Å². The van der Waals surface area contributed by atoms with Gasteiger partial charge < -0.3 is 9.84 Å². The molecule has 0 aromatic heterocycles. The number of nitrogens with one attached hydrogen (secondary N) is 1. The molecule has 2 unspecified atom stereocenters. The molecule has 0 spiro atoms. The summed E-state index contributed by atoms with van der Waals surface area (Å²) in [7, 11) is 2.24. The molecule has 0 amide bonds. The highest BCUT2D eigenvalue weighted by Crippen LogP contribution is 2.08. The van der Waals surface area contributed by atoms with Crippen LogP contribution >= 0.6 is 21.7 Å². The molecule has 1 fully saturated rings. The van der Waals surface area contributed by atoms with Gasteiger partial charge in [-0.15, -0.1) is 0 Å². The molecule has 1 aliphatic heterocycles. The average molecular weight is 163 g/mol. The molecule has 2 atom stereocenters. The van der Waals surface area contributed by atoms with Gasteiger partial charge in [-0.3, -0.25) is 0 Å². The first kappa shape index (κ1) is 7.39. The smallest absolute Gasteiger partial charge is 0.0757 e. The number of rotatable bonds is 2. The molecule has 4 heteroatoms. The normalized spacial score (nSPS) is 26.3. The highest BCUT2D eigenvalue weighted by atomic mass is 32.1. The molecule has 1 saturated heterocycles. The van der Waals surface area contributed by atoms with E-state index in [1.165, 1.54) is 0 Å². The summed E-state index contributed by atoms with van der Waals surface area (Å²) in [6.45, 7) is 0.741. The molecule has 1 rings (SSSR count). The van der Waals surface area contributed by atoms with Crippen molar-refractivity contribution in [2.24, 2.45) is 0 Å². The van der Waals surface area contributed by atoms with Gasteiger partial charge in [-0.25, -0.2) is 0 Å². The molecule has 1 heterocycles. The van der Waals surface area contributed by atoms with E-state index >= 15 is 0 Å². The second kappa shape index (κ2) is 3.45. The Morgan fingerprint density at radius 2 is 2.67 bits per heavy atom. The molecule has 0 aromatic rings. The fourth-order valence-electron chi connectivity index (χ4n) is 0.918. The molecule has 2 nitrogen and oxygen atoms in total. The first-order valence-corrected chi connectivity index (χ1v) is 3.82. The van der Waals surface area contributed by atoms with Crippen molar-refractivity contribution in [3.05, 3.63) is 0 Å². The summed E-state index contributed by atoms with van der Waals surface area (Å²) < 4.78 is 4.87. The van der Waals surface area contributed by atoms with Crippen molar-refractivity contribution in [2.75, 3.05) is 6.61 Å². The maximum Gasteiger partial charge on any atom is 0.0757 e. The van der Waals surface area contributed by atoms with Crippen LogP contribution in [0.1, 0.15) is 12.8 Å². The van der Waals surface area contributed by atoms with Crippen LogP contribution in [0.5, 0.6) is 0 Å². The van der Waals surface area contributed by atoms with Gasteiger partial charge in [0.1, 0.15) is 0 Å². The fourth-order valence-corrected chi connectivity index (χ4v) is 1.44. The molecular formula is C5H10NOPS. The molecule has 1 N–H and O–H groups in total. The summed E-state index contributed by atoms with van der Waals surface area (Å²) in [5, 5.41) is 3.15. The van der Waals surface area contributed by atoms with E-state index in [9.17, 15) is 0 Å². The Morgan fingerprint density at radius 1 is 1.89 bits per heavy atom. The van der Waals surface area contributed by atoms with Crippen LogP contribution < -0.4 is 5.32 Å². The van der Waals surface area contributed by atoms with Crippen LogP contribution in [0.2, 0.25) is 0 Å². The molecule has 0 saturated carbocycles. The summed E-state index contributed by atoms with van der Waals surface area (Å²) in [6.07, 6.45) is 2.14. The largest absolute Gasteiger partial charge is 0.375 e. The maximum absolute atomic E-state index is 4.94. The number of thiocarbonyl (C=S) groups is 1. The van der Waals surface area contributed by atoms with Gasteiger partial charge in [0.05, 0.1) is 17.6 Å². The minimum atomic E-state index is 0.454. The average Bonchev–Trinajstić information content (AvgIpc) is 2.17. The third-order valence-corrected chi connectivity index (χ3v) is 1.90. The van der Waals surface area contributed by atoms with Crippen LogP contribution in [-0.4, -0.2) is 17.6 Å². The zero-order valence-corrected chi connectivity index (χ0v) is 7.06. The molecule has 0 aliphatic carbocycles. The zero-order chi connectivity index (χ0) is 6.69. The summed E-state index contributed by atoms with van der Waals surface area (Å²) in [5.74, 6) is 0. The minimum absolute atomic E-state index is 0.454. The predicted octanol–water partition coefficient (Wildman–Crippen LogP) is 0.873. The predicted molar refractivity (Wildman–Crippen MR) is 44.4 cm³/mol. The molecule has 52 valence electrons. The second-order valence-electron chi connectivity index (χ2n) is 2.14. The molecule has 0 bridgehead atoms. The van der Waals surface area contributed by atoms with Crippen molar-refractivity contribution in [3.63, 3.8) is 0 Å². The van der Waals surface area contributed by atoms with Crippen LogP contribution in [0.25, 0.3) is 0 Å². The Labute approximate surface area is 62.6 Å². The van der Waals surface area contributed by atoms with E-state index in [-0.39, 0.29) is 0 Å². The molecular weight excluding hydrogens is 153 g/mol. The van der Waals surface area contributed by atoms with Crippen molar-refractivity contribution in [1.82, 2.24) is 5.32 Å². The van der Waals surface area contributed by atoms with Gasteiger partial charge in [-0.1, -0.05) is 12.2 Å². The van der Waals surface area contributed by atoms with Crippen molar-refractivity contribution in [3.8, 4) is 0 Å². The molecule has 9 heavy (non-hydrogen) atoms. The zero-order valence-electron chi connectivity index (χ0n) is 5.09. The fraction of sp³-hybridized carbons (Fsp3) is 0.800. The maximum atomic E-state index is 4.94. The van der Waals surface area contributed by atoms with Gasteiger partial charge in [0.25, 0.3) is 0 Å². The van der Waals surface area contributed by atoms with Crippen molar-refractivity contribution < 1.29 is 4.52 Å². The first-order valence-electron chi connectivity index (χ1n) is 2.94. The SMILES string of the molecule is POCC1CCC(=S)N1. The lowest BCUT2D eigenvalue weighted by Crippen LogP contribution is -2.27. The van der Waals surface area contributed by atoms with E-state index in [1.54, 1.807) is 0 Å². The van der Waals surface area contributed by atoms with Gasteiger partial charge in [-0.2, -0.15) is 0 Å². The summed E-state index contributed by atoms with van der Waals surface area (Å²) >= 11 is 4.94. The third kappa shape index (κ3) is 2.17. The first-order chi connectivity index (χ1) is 4.33. The van der Waals surface area contributed by atoms with Gasteiger partial charge in [0.15, 0.2) is 0 Å². The Hall–Kier alpha value is 0.280. The van der Waals surface area contributed by atoms with Gasteiger partial charge in [-0.05, 0) is 12.8 Å². The van der Waals surface area contributed by atoms with E-state index in [1.807, 2.05) is 0 Å². The Morgan fingerprint density at radius 3 is 3.11 bits per heavy atom. The standard InChI is InChI=1S/C5H10NOPS/c8-7-3-4-1-2-5(9)6-4/h4H,1-3,8H2,(H,6,9). The molecule has 1 aliphatic rings. The third-order valence-electron chi connectivity index (χ3n) is 1.38. The van der Waals surface area contributed by atoms with Crippen molar-refractivity contribution in [2.45, 2.75) is 18.9 Å². The Kier molecular flexibility index (Phi) is 2.83. The van der Waals surface area contributed by atoms with Crippen molar-refractivity contribution >= 4 is 26.7 Å². The van der Waals surface area contributed by atoms with E-state index in [2.05, 4.69) is 14.8 Å². The van der Waals surface area contributed by atoms with E-state index < -0.39 is 0 Å². The van der Waals surface area contributed by atoms with Gasteiger partial charge in [0.2, 0.25) is 0 Å². The Bertz CT molecular complexity index is 120. The van der Waals surface area contributed by atoms with Crippen LogP contribution in [0.3, 0.4) is 0 Å².